The summed E-state index contributed by atoms with van der Waals surface area (Å²) in [5.41, 5.74) is 0.934. The van der Waals surface area contributed by atoms with Crippen LogP contribution in [0.25, 0.3) is 0 Å². The summed E-state index contributed by atoms with van der Waals surface area (Å²) in [5, 5.41) is 13.1. The molecule has 2 rings (SSSR count). The third-order valence-electron chi connectivity index (χ3n) is 2.45. The summed E-state index contributed by atoms with van der Waals surface area (Å²) >= 11 is 7.40. The van der Waals surface area contributed by atoms with Gasteiger partial charge in [-0.1, -0.05) is 41.9 Å². The van der Waals surface area contributed by atoms with Gasteiger partial charge in [0, 0.05) is 18.0 Å². The Kier molecular flexibility index (Phi) is 4.57. The minimum Gasteiger partial charge on any atom is -0.387 e. The first kappa shape index (κ1) is 12.6. The number of thiophene rings is 1. The fourth-order valence-electron chi connectivity index (χ4n) is 1.57. The zero-order valence-electron chi connectivity index (χ0n) is 9.27. The van der Waals surface area contributed by atoms with Crippen LogP contribution in [0.15, 0.2) is 42.5 Å². The lowest BCUT2D eigenvalue weighted by molar-refractivity contribution is 0.174. The van der Waals surface area contributed by atoms with Gasteiger partial charge < -0.3 is 10.4 Å². The molecule has 2 N–H and O–H groups in total. The number of aliphatic hydroxyl groups is 1. The Morgan fingerprint density at radius 1 is 1.18 bits per heavy atom. The molecule has 0 saturated carbocycles. The van der Waals surface area contributed by atoms with Crippen LogP contribution in [0.4, 0.5) is 0 Å². The molecular formula is C13H14ClNOS. The molecule has 0 aliphatic rings. The molecule has 1 aromatic heterocycles. The molecule has 2 aromatic rings. The Labute approximate surface area is 110 Å². The van der Waals surface area contributed by atoms with Crippen molar-refractivity contribution in [3.8, 4) is 0 Å². The minimum atomic E-state index is -0.466. The third-order valence-corrected chi connectivity index (χ3v) is 3.68. The molecule has 1 unspecified atom stereocenters. The van der Waals surface area contributed by atoms with Gasteiger partial charge in [0.2, 0.25) is 0 Å². The van der Waals surface area contributed by atoms with Crippen molar-refractivity contribution in [2.24, 2.45) is 0 Å². The first-order chi connectivity index (χ1) is 8.25. The highest BCUT2D eigenvalue weighted by atomic mass is 35.5. The van der Waals surface area contributed by atoms with Crippen molar-refractivity contribution in [3.63, 3.8) is 0 Å². The maximum absolute atomic E-state index is 9.92. The summed E-state index contributed by atoms with van der Waals surface area (Å²) in [4.78, 5) is 1.18. The normalized spacial score (nSPS) is 12.6. The lowest BCUT2D eigenvalue weighted by Crippen LogP contribution is -2.20. The van der Waals surface area contributed by atoms with Crippen LogP contribution in [0.1, 0.15) is 16.5 Å². The molecule has 0 radical (unpaired) electrons. The Hall–Kier alpha value is -0.870. The number of aliphatic hydroxyl groups excluding tert-OH is 1. The van der Waals surface area contributed by atoms with E-state index in [4.69, 9.17) is 11.6 Å². The van der Waals surface area contributed by atoms with Gasteiger partial charge in [-0.3, -0.25) is 0 Å². The van der Waals surface area contributed by atoms with Crippen LogP contribution in [-0.4, -0.2) is 11.7 Å². The van der Waals surface area contributed by atoms with Gasteiger partial charge in [0.05, 0.1) is 10.4 Å². The Morgan fingerprint density at radius 2 is 1.94 bits per heavy atom. The van der Waals surface area contributed by atoms with Crippen molar-refractivity contribution in [2.75, 3.05) is 6.54 Å². The molecular weight excluding hydrogens is 254 g/mol. The van der Waals surface area contributed by atoms with Crippen LogP contribution in [0, 0.1) is 0 Å². The van der Waals surface area contributed by atoms with E-state index in [1.54, 1.807) is 11.3 Å². The van der Waals surface area contributed by atoms with Gasteiger partial charge in [0.25, 0.3) is 0 Å². The molecule has 4 heteroatoms. The molecule has 0 bridgehead atoms. The summed E-state index contributed by atoms with van der Waals surface area (Å²) < 4.78 is 0.797. The van der Waals surface area contributed by atoms with E-state index in [1.165, 1.54) is 4.88 Å². The monoisotopic (exact) mass is 267 g/mol. The zero-order valence-corrected chi connectivity index (χ0v) is 10.8. The summed E-state index contributed by atoms with van der Waals surface area (Å²) in [6.07, 6.45) is -0.466. The fraction of sp³-hybridized carbons (Fsp3) is 0.231. The fourth-order valence-corrected chi connectivity index (χ4v) is 2.63. The average molecular weight is 268 g/mol. The van der Waals surface area contributed by atoms with E-state index in [1.807, 2.05) is 42.5 Å². The molecule has 0 spiro atoms. The summed E-state index contributed by atoms with van der Waals surface area (Å²) in [6, 6.07) is 13.5. The number of halogens is 1. The third kappa shape index (κ3) is 3.82. The maximum Gasteiger partial charge on any atom is 0.0931 e. The predicted molar refractivity (Wildman–Crippen MR) is 72.4 cm³/mol. The van der Waals surface area contributed by atoms with Crippen molar-refractivity contribution in [1.29, 1.82) is 0 Å². The molecule has 0 aliphatic heterocycles. The number of rotatable bonds is 5. The van der Waals surface area contributed by atoms with Crippen molar-refractivity contribution < 1.29 is 5.11 Å². The van der Waals surface area contributed by atoms with Crippen LogP contribution in [0.3, 0.4) is 0 Å². The van der Waals surface area contributed by atoms with Crippen molar-refractivity contribution in [3.05, 3.63) is 57.2 Å². The minimum absolute atomic E-state index is 0.466. The van der Waals surface area contributed by atoms with E-state index >= 15 is 0 Å². The number of benzene rings is 1. The second-order valence-electron chi connectivity index (χ2n) is 3.76. The second-order valence-corrected chi connectivity index (χ2v) is 5.56. The van der Waals surface area contributed by atoms with E-state index in [0.717, 1.165) is 16.4 Å². The quantitative estimate of drug-likeness (QED) is 0.872. The lowest BCUT2D eigenvalue weighted by Gasteiger charge is -2.11. The van der Waals surface area contributed by atoms with Gasteiger partial charge in [-0.25, -0.2) is 0 Å². The smallest absolute Gasteiger partial charge is 0.0931 e. The molecule has 1 aromatic carbocycles. The van der Waals surface area contributed by atoms with Crippen LogP contribution in [0.2, 0.25) is 4.34 Å². The molecule has 17 heavy (non-hydrogen) atoms. The average Bonchev–Trinajstić information content (AvgIpc) is 2.76. The SMILES string of the molecule is OC(CNCc1ccc(Cl)s1)c1ccccc1. The van der Waals surface area contributed by atoms with Gasteiger partial charge in [0.1, 0.15) is 0 Å². The van der Waals surface area contributed by atoms with Crippen molar-refractivity contribution in [1.82, 2.24) is 5.32 Å². The van der Waals surface area contributed by atoms with Crippen LogP contribution in [-0.2, 0) is 6.54 Å². The molecule has 0 aliphatic carbocycles. The lowest BCUT2D eigenvalue weighted by atomic mass is 10.1. The molecule has 90 valence electrons. The number of nitrogens with one attached hydrogen (secondary N) is 1. The topological polar surface area (TPSA) is 32.3 Å². The predicted octanol–water partition coefficient (Wildman–Crippen LogP) is 3.22. The Morgan fingerprint density at radius 3 is 2.59 bits per heavy atom. The number of hydrogen-bond acceptors (Lipinski definition) is 3. The second kappa shape index (κ2) is 6.17. The molecule has 0 saturated heterocycles. The van der Waals surface area contributed by atoms with Gasteiger partial charge in [-0.05, 0) is 17.7 Å². The molecule has 1 atom stereocenters. The Balaban J connectivity index is 1.79. The summed E-state index contributed by atoms with van der Waals surface area (Å²) in [5.74, 6) is 0. The molecule has 2 nitrogen and oxygen atoms in total. The Bertz CT molecular complexity index is 457. The summed E-state index contributed by atoms with van der Waals surface area (Å²) in [7, 11) is 0. The van der Waals surface area contributed by atoms with Crippen molar-refractivity contribution in [2.45, 2.75) is 12.6 Å². The van der Waals surface area contributed by atoms with Crippen LogP contribution >= 0.6 is 22.9 Å². The zero-order chi connectivity index (χ0) is 12.1. The van der Waals surface area contributed by atoms with E-state index in [2.05, 4.69) is 5.32 Å². The highest BCUT2D eigenvalue weighted by Crippen LogP contribution is 2.21. The first-order valence-corrected chi connectivity index (χ1v) is 6.63. The van der Waals surface area contributed by atoms with E-state index in [0.29, 0.717) is 6.54 Å². The summed E-state index contributed by atoms with van der Waals surface area (Å²) in [6.45, 7) is 1.28. The van der Waals surface area contributed by atoms with Gasteiger partial charge in [0.15, 0.2) is 0 Å². The highest BCUT2D eigenvalue weighted by molar-refractivity contribution is 7.16. The molecule has 0 fully saturated rings. The van der Waals surface area contributed by atoms with Gasteiger partial charge >= 0.3 is 0 Å². The number of hydrogen-bond donors (Lipinski definition) is 2. The molecule has 0 amide bonds. The highest BCUT2D eigenvalue weighted by Gasteiger charge is 2.06. The van der Waals surface area contributed by atoms with E-state index in [-0.39, 0.29) is 0 Å². The standard InChI is InChI=1S/C13H14ClNOS/c14-13-7-6-11(17-13)8-15-9-12(16)10-4-2-1-3-5-10/h1-7,12,15-16H,8-9H2. The van der Waals surface area contributed by atoms with Crippen molar-refractivity contribution >= 4 is 22.9 Å². The van der Waals surface area contributed by atoms with Gasteiger partial charge in [-0.2, -0.15) is 0 Å². The van der Waals surface area contributed by atoms with Gasteiger partial charge in [-0.15, -0.1) is 11.3 Å². The maximum atomic E-state index is 9.92. The van der Waals surface area contributed by atoms with E-state index < -0.39 is 6.10 Å². The largest absolute Gasteiger partial charge is 0.387 e. The van der Waals surface area contributed by atoms with Crippen LogP contribution in [0.5, 0.6) is 0 Å². The van der Waals surface area contributed by atoms with E-state index in [9.17, 15) is 5.11 Å². The molecule has 1 heterocycles. The first-order valence-electron chi connectivity index (χ1n) is 5.43. The van der Waals surface area contributed by atoms with Crippen LogP contribution < -0.4 is 5.32 Å².